The molecule has 0 aliphatic carbocycles. The van der Waals surface area contributed by atoms with Crippen molar-refractivity contribution in [2.24, 2.45) is 5.73 Å². The van der Waals surface area contributed by atoms with Gasteiger partial charge in [0.15, 0.2) is 0 Å². The van der Waals surface area contributed by atoms with Crippen LogP contribution in [0.2, 0.25) is 0 Å². The van der Waals surface area contributed by atoms with Crippen LogP contribution in [0.5, 0.6) is 0 Å². The zero-order valence-corrected chi connectivity index (χ0v) is 14.9. The molecule has 2 aromatic carbocycles. The minimum atomic E-state index is -4.65. The van der Waals surface area contributed by atoms with Crippen molar-refractivity contribution in [3.63, 3.8) is 0 Å². The zero-order valence-electron chi connectivity index (χ0n) is 14.9. The number of fused-ring (bicyclic) bond motifs is 1. The van der Waals surface area contributed by atoms with Gasteiger partial charge in [0, 0.05) is 25.0 Å². The first-order valence-electron chi connectivity index (χ1n) is 8.95. The maximum atomic E-state index is 13.4. The second kappa shape index (κ2) is 6.94. The van der Waals surface area contributed by atoms with E-state index in [4.69, 9.17) is 5.73 Å². The van der Waals surface area contributed by atoms with Crippen molar-refractivity contribution in [3.8, 4) is 0 Å². The second-order valence-electron chi connectivity index (χ2n) is 6.99. The fourth-order valence-electron chi connectivity index (χ4n) is 3.77. The Balaban J connectivity index is 1.59. The quantitative estimate of drug-likeness (QED) is 0.750. The van der Waals surface area contributed by atoms with Gasteiger partial charge in [0.2, 0.25) is 11.7 Å². The van der Waals surface area contributed by atoms with Crippen molar-refractivity contribution in [1.82, 2.24) is 14.5 Å². The molecule has 2 atom stereocenters. The van der Waals surface area contributed by atoms with Crippen molar-refractivity contribution >= 4 is 16.9 Å². The average molecular weight is 388 g/mol. The van der Waals surface area contributed by atoms with Crippen LogP contribution in [0.3, 0.4) is 0 Å². The van der Waals surface area contributed by atoms with Gasteiger partial charge >= 0.3 is 6.18 Å². The number of rotatable bonds is 3. The van der Waals surface area contributed by atoms with Crippen molar-refractivity contribution in [2.75, 3.05) is 13.1 Å². The highest BCUT2D eigenvalue weighted by atomic mass is 19.4. The first-order chi connectivity index (χ1) is 13.3. The van der Waals surface area contributed by atoms with Gasteiger partial charge in [-0.15, -0.1) is 0 Å². The maximum Gasteiger partial charge on any atom is 0.449 e. The summed E-state index contributed by atoms with van der Waals surface area (Å²) in [7, 11) is 0. The normalized spacial score (nSPS) is 20.1. The Hall–Kier alpha value is -2.87. The molecule has 1 amide bonds. The highest BCUT2D eigenvalue weighted by molar-refractivity contribution is 5.81. The maximum absolute atomic E-state index is 13.4. The molecule has 4 rings (SSSR count). The number of hydrogen-bond acceptors (Lipinski definition) is 3. The molecule has 0 radical (unpaired) electrons. The van der Waals surface area contributed by atoms with Crippen molar-refractivity contribution in [3.05, 3.63) is 66.0 Å². The number of nitrogens with zero attached hydrogens (tertiary/aromatic N) is 3. The highest BCUT2D eigenvalue weighted by Gasteiger charge is 2.39. The summed E-state index contributed by atoms with van der Waals surface area (Å²) in [5.41, 5.74) is 7.73. The lowest BCUT2D eigenvalue weighted by molar-refractivity contribution is -0.148. The van der Waals surface area contributed by atoms with Crippen LogP contribution in [-0.4, -0.2) is 39.5 Å². The van der Waals surface area contributed by atoms with E-state index in [1.807, 2.05) is 30.3 Å². The monoisotopic (exact) mass is 388 g/mol. The molecule has 1 saturated heterocycles. The van der Waals surface area contributed by atoms with Gasteiger partial charge in [-0.05, 0) is 17.7 Å². The molecular formula is C20H19F3N4O. The van der Waals surface area contributed by atoms with Crippen LogP contribution in [0.25, 0.3) is 11.0 Å². The van der Waals surface area contributed by atoms with Crippen molar-refractivity contribution in [1.29, 1.82) is 0 Å². The summed E-state index contributed by atoms with van der Waals surface area (Å²) in [6.45, 7) is 0.272. The number of imidazole rings is 1. The lowest BCUT2D eigenvalue weighted by Crippen LogP contribution is -2.35. The molecule has 28 heavy (non-hydrogen) atoms. The molecule has 2 N–H and O–H groups in total. The molecule has 0 unspecified atom stereocenters. The van der Waals surface area contributed by atoms with Crippen LogP contribution >= 0.6 is 0 Å². The number of nitrogens with two attached hydrogens (primary N) is 1. The lowest BCUT2D eigenvalue weighted by Gasteiger charge is -2.18. The van der Waals surface area contributed by atoms with Crippen LogP contribution < -0.4 is 5.73 Å². The van der Waals surface area contributed by atoms with Crippen molar-refractivity contribution < 1.29 is 18.0 Å². The summed E-state index contributed by atoms with van der Waals surface area (Å²) in [4.78, 5) is 18.0. The number of amides is 1. The molecule has 8 heteroatoms. The van der Waals surface area contributed by atoms with Gasteiger partial charge in [0.25, 0.3) is 0 Å². The number of alkyl halides is 3. The Morgan fingerprint density at radius 2 is 1.75 bits per heavy atom. The largest absolute Gasteiger partial charge is 0.449 e. The number of benzene rings is 2. The van der Waals surface area contributed by atoms with E-state index in [-0.39, 0.29) is 23.0 Å². The molecule has 0 spiro atoms. The molecule has 0 saturated carbocycles. The van der Waals surface area contributed by atoms with E-state index in [0.29, 0.717) is 13.1 Å². The van der Waals surface area contributed by atoms with Crippen molar-refractivity contribution in [2.45, 2.75) is 24.7 Å². The number of halogens is 3. The van der Waals surface area contributed by atoms with Crippen LogP contribution in [-0.2, 0) is 17.5 Å². The summed E-state index contributed by atoms with van der Waals surface area (Å²) in [5.74, 6) is -1.50. The van der Waals surface area contributed by atoms with E-state index in [2.05, 4.69) is 4.98 Å². The summed E-state index contributed by atoms with van der Waals surface area (Å²) in [5, 5.41) is 0. The van der Waals surface area contributed by atoms with Crippen LogP contribution in [0.15, 0.2) is 54.6 Å². The molecule has 2 heterocycles. The van der Waals surface area contributed by atoms with E-state index < -0.39 is 24.5 Å². The predicted molar refractivity (Wildman–Crippen MR) is 98.5 cm³/mol. The summed E-state index contributed by atoms with van der Waals surface area (Å²) in [6.07, 6.45) is -4.65. The third-order valence-electron chi connectivity index (χ3n) is 5.15. The number of hydrogen-bond donors (Lipinski definition) is 1. The van der Waals surface area contributed by atoms with Crippen LogP contribution in [0.1, 0.15) is 17.3 Å². The topological polar surface area (TPSA) is 64.2 Å². The van der Waals surface area contributed by atoms with E-state index in [9.17, 15) is 18.0 Å². The molecule has 5 nitrogen and oxygen atoms in total. The summed E-state index contributed by atoms with van der Waals surface area (Å²) in [6, 6.07) is 15.6. The fraction of sp³-hybridized carbons (Fsp3) is 0.300. The highest BCUT2D eigenvalue weighted by Crippen LogP contribution is 2.32. The van der Waals surface area contributed by atoms with Gasteiger partial charge in [-0.1, -0.05) is 42.5 Å². The summed E-state index contributed by atoms with van der Waals surface area (Å²) >= 11 is 0. The second-order valence-corrected chi connectivity index (χ2v) is 6.99. The SMILES string of the molecule is N[C@@H]1CN(C(=O)Cn2c(C(F)(F)F)nc3ccccc32)C[C@H]1c1ccccc1. The predicted octanol–water partition coefficient (Wildman–Crippen LogP) is 3.01. The Morgan fingerprint density at radius 1 is 1.07 bits per heavy atom. The third kappa shape index (κ3) is 3.35. The number of carbonyl (C=O) groups excluding carboxylic acids is 1. The molecule has 3 aromatic rings. The van der Waals surface area contributed by atoms with Gasteiger partial charge in [-0.2, -0.15) is 13.2 Å². The van der Waals surface area contributed by atoms with Gasteiger partial charge in [0.1, 0.15) is 6.54 Å². The minimum Gasteiger partial charge on any atom is -0.339 e. The van der Waals surface area contributed by atoms with Gasteiger partial charge in [-0.25, -0.2) is 4.98 Å². The Kier molecular flexibility index (Phi) is 4.58. The Labute approximate surface area is 159 Å². The molecule has 1 fully saturated rings. The third-order valence-corrected chi connectivity index (χ3v) is 5.15. The number of para-hydroxylation sites is 2. The standard InChI is InChI=1S/C20H19F3N4O/c21-20(22,23)19-25-16-8-4-5-9-17(16)27(19)12-18(28)26-10-14(15(24)11-26)13-6-2-1-3-7-13/h1-9,14-15H,10-12,24H2/t14-,15+/m0/s1. The van der Waals surface area contributed by atoms with Crippen LogP contribution in [0, 0.1) is 0 Å². The molecule has 1 aromatic heterocycles. The van der Waals surface area contributed by atoms with E-state index in [1.54, 1.807) is 12.1 Å². The summed E-state index contributed by atoms with van der Waals surface area (Å²) < 4.78 is 41.2. The Morgan fingerprint density at radius 3 is 2.46 bits per heavy atom. The van der Waals surface area contributed by atoms with Crippen LogP contribution in [0.4, 0.5) is 13.2 Å². The first kappa shape index (κ1) is 18.5. The van der Waals surface area contributed by atoms with E-state index >= 15 is 0 Å². The number of aromatic nitrogens is 2. The fourth-order valence-corrected chi connectivity index (χ4v) is 3.77. The molecule has 0 bridgehead atoms. The molecule has 146 valence electrons. The molecular weight excluding hydrogens is 369 g/mol. The van der Waals surface area contributed by atoms with Gasteiger partial charge in [-0.3, -0.25) is 4.79 Å². The molecule has 1 aliphatic heterocycles. The van der Waals surface area contributed by atoms with Gasteiger partial charge < -0.3 is 15.2 Å². The van der Waals surface area contributed by atoms with E-state index in [0.717, 1.165) is 10.1 Å². The van der Waals surface area contributed by atoms with Gasteiger partial charge in [0.05, 0.1) is 11.0 Å². The minimum absolute atomic E-state index is 0.0354. The average Bonchev–Trinajstić information content (AvgIpc) is 3.24. The molecule has 1 aliphatic rings. The Bertz CT molecular complexity index is 1000. The first-order valence-corrected chi connectivity index (χ1v) is 8.95. The van der Waals surface area contributed by atoms with E-state index in [1.165, 1.54) is 17.0 Å². The number of likely N-dealkylation sites (tertiary alicyclic amines) is 1. The zero-order chi connectivity index (χ0) is 19.9. The number of carbonyl (C=O) groups is 1. The smallest absolute Gasteiger partial charge is 0.339 e. The lowest BCUT2D eigenvalue weighted by atomic mass is 9.95.